The Balaban J connectivity index is 1.46. The molecule has 0 radical (unpaired) electrons. The maximum atomic E-state index is 12.7. The average molecular weight is 414 g/mol. The van der Waals surface area contributed by atoms with E-state index in [0.717, 1.165) is 42.9 Å². The van der Waals surface area contributed by atoms with Gasteiger partial charge in [0.05, 0.1) is 5.56 Å². The van der Waals surface area contributed by atoms with Crippen molar-refractivity contribution in [1.82, 2.24) is 31.1 Å². The molecule has 150 valence electrons. The second-order valence-electron chi connectivity index (χ2n) is 6.02. The summed E-state index contributed by atoms with van der Waals surface area (Å²) >= 11 is 4.96. The van der Waals surface area contributed by atoms with Crippen LogP contribution < -0.4 is 21.1 Å². The Hall–Kier alpha value is -2.96. The number of hydrogen-bond donors (Lipinski definition) is 3. The number of hydrogen-bond acceptors (Lipinski definition) is 6. The summed E-state index contributed by atoms with van der Waals surface area (Å²) in [5, 5.41) is 14.4. The number of thiocarbonyl (C=S) groups is 1. The first-order valence-corrected chi connectivity index (χ1v) is 8.78. The molecule has 0 atom stereocenters. The zero-order valence-electron chi connectivity index (χ0n) is 14.5. The van der Waals surface area contributed by atoms with E-state index in [0.29, 0.717) is 5.95 Å². The summed E-state index contributed by atoms with van der Waals surface area (Å²) in [4.78, 5) is 15.1. The highest BCUT2D eigenvalue weighted by Gasteiger charge is 2.30. The molecule has 1 amide bonds. The van der Waals surface area contributed by atoms with Crippen molar-refractivity contribution in [2.24, 2.45) is 0 Å². The number of hydrazine groups is 1. The van der Waals surface area contributed by atoms with Crippen LogP contribution in [0.4, 0.5) is 24.8 Å². The minimum atomic E-state index is -4.46. The van der Waals surface area contributed by atoms with Crippen molar-refractivity contribution in [1.29, 1.82) is 0 Å². The highest BCUT2D eigenvalue weighted by Crippen LogP contribution is 2.30. The Morgan fingerprint density at radius 3 is 2.68 bits per heavy atom. The molecular formula is C15H17F3N8OS. The maximum Gasteiger partial charge on any atom is 0.416 e. The molecule has 1 aliphatic heterocycles. The predicted molar refractivity (Wildman–Crippen MR) is 98.2 cm³/mol. The van der Waals surface area contributed by atoms with Crippen LogP contribution in [-0.2, 0) is 17.5 Å². The lowest BCUT2D eigenvalue weighted by Gasteiger charge is -2.13. The standard InChI is InChI=1S/C15H17F3N8OS/c16-15(17,18)10-4-3-5-11(8-10)19-14(28)22-20-12(27)9-26-23-13(21-24-26)25-6-1-2-7-25/h3-5,8H,1-2,6-7,9H2,(H,20,27)(H2,19,22,28). The molecule has 13 heteroatoms. The summed E-state index contributed by atoms with van der Waals surface area (Å²) in [6, 6.07) is 4.53. The van der Waals surface area contributed by atoms with E-state index >= 15 is 0 Å². The fraction of sp³-hybridized carbons (Fsp3) is 0.400. The second kappa shape index (κ2) is 8.37. The van der Waals surface area contributed by atoms with Crippen LogP contribution in [0.3, 0.4) is 0 Å². The second-order valence-corrected chi connectivity index (χ2v) is 6.43. The Labute approximate surface area is 163 Å². The van der Waals surface area contributed by atoms with E-state index in [-0.39, 0.29) is 17.3 Å². The first-order chi connectivity index (χ1) is 13.3. The molecule has 1 aromatic carbocycles. The van der Waals surface area contributed by atoms with Crippen LogP contribution in [0.15, 0.2) is 24.3 Å². The molecule has 3 N–H and O–H groups in total. The monoisotopic (exact) mass is 414 g/mol. The van der Waals surface area contributed by atoms with Crippen molar-refractivity contribution < 1.29 is 18.0 Å². The van der Waals surface area contributed by atoms with E-state index in [9.17, 15) is 18.0 Å². The normalized spacial score (nSPS) is 14.0. The van der Waals surface area contributed by atoms with E-state index in [1.165, 1.54) is 12.1 Å². The average Bonchev–Trinajstić information content (AvgIpc) is 3.31. The molecule has 0 saturated carbocycles. The number of carbonyl (C=O) groups excluding carboxylic acids is 1. The van der Waals surface area contributed by atoms with Gasteiger partial charge in [0.1, 0.15) is 6.54 Å². The number of alkyl halides is 3. The molecule has 28 heavy (non-hydrogen) atoms. The first-order valence-electron chi connectivity index (χ1n) is 8.37. The van der Waals surface area contributed by atoms with Gasteiger partial charge in [0.2, 0.25) is 0 Å². The zero-order chi connectivity index (χ0) is 20.1. The molecule has 9 nitrogen and oxygen atoms in total. The van der Waals surface area contributed by atoms with Gasteiger partial charge in [-0.15, -0.1) is 5.10 Å². The Morgan fingerprint density at radius 2 is 1.96 bits per heavy atom. The molecule has 0 spiro atoms. The number of amides is 1. The van der Waals surface area contributed by atoms with Gasteiger partial charge in [0.15, 0.2) is 5.11 Å². The first kappa shape index (κ1) is 19.8. The van der Waals surface area contributed by atoms with Crippen LogP contribution in [0.2, 0.25) is 0 Å². The lowest BCUT2D eigenvalue weighted by Crippen LogP contribution is -2.45. The third kappa shape index (κ3) is 5.28. The molecule has 2 heterocycles. The van der Waals surface area contributed by atoms with Crippen molar-refractivity contribution in [2.45, 2.75) is 25.6 Å². The summed E-state index contributed by atoms with van der Waals surface area (Å²) < 4.78 is 38.1. The van der Waals surface area contributed by atoms with Gasteiger partial charge in [-0.2, -0.15) is 18.0 Å². The van der Waals surface area contributed by atoms with Crippen LogP contribution in [0.5, 0.6) is 0 Å². The number of carbonyl (C=O) groups is 1. The van der Waals surface area contributed by atoms with Crippen LogP contribution in [0.25, 0.3) is 0 Å². The number of benzene rings is 1. The van der Waals surface area contributed by atoms with E-state index < -0.39 is 17.6 Å². The third-order valence-corrected chi connectivity index (χ3v) is 4.08. The van der Waals surface area contributed by atoms with Gasteiger partial charge in [-0.25, -0.2) is 0 Å². The van der Waals surface area contributed by atoms with Gasteiger partial charge in [0, 0.05) is 18.8 Å². The van der Waals surface area contributed by atoms with Gasteiger partial charge in [-0.05, 0) is 48.5 Å². The largest absolute Gasteiger partial charge is 0.416 e. The van der Waals surface area contributed by atoms with Gasteiger partial charge < -0.3 is 10.2 Å². The fourth-order valence-electron chi connectivity index (χ4n) is 2.58. The third-order valence-electron chi connectivity index (χ3n) is 3.88. The summed E-state index contributed by atoms with van der Waals surface area (Å²) in [5.41, 5.74) is 4.05. The summed E-state index contributed by atoms with van der Waals surface area (Å²) in [5.74, 6) is -0.0291. The molecule has 2 aromatic rings. The van der Waals surface area contributed by atoms with Crippen molar-refractivity contribution in [3.8, 4) is 0 Å². The Kier molecular flexibility index (Phi) is 5.92. The van der Waals surface area contributed by atoms with Crippen molar-refractivity contribution >= 4 is 34.9 Å². The van der Waals surface area contributed by atoms with Crippen LogP contribution in [0.1, 0.15) is 18.4 Å². The molecule has 1 saturated heterocycles. The number of nitrogens with zero attached hydrogens (tertiary/aromatic N) is 5. The van der Waals surface area contributed by atoms with E-state index in [1.807, 2.05) is 4.90 Å². The molecule has 0 unspecified atom stereocenters. The number of nitrogens with one attached hydrogen (secondary N) is 3. The zero-order valence-corrected chi connectivity index (χ0v) is 15.3. The smallest absolute Gasteiger partial charge is 0.338 e. The summed E-state index contributed by atoms with van der Waals surface area (Å²) in [6.45, 7) is 1.52. The van der Waals surface area contributed by atoms with E-state index in [1.54, 1.807) is 0 Å². The number of aromatic nitrogens is 4. The van der Waals surface area contributed by atoms with Gasteiger partial charge >= 0.3 is 6.18 Å². The van der Waals surface area contributed by atoms with Gasteiger partial charge in [-0.3, -0.25) is 15.6 Å². The molecule has 3 rings (SSSR count). The maximum absolute atomic E-state index is 12.7. The van der Waals surface area contributed by atoms with Crippen LogP contribution in [0, 0.1) is 0 Å². The number of rotatable bonds is 4. The van der Waals surface area contributed by atoms with Crippen molar-refractivity contribution in [2.75, 3.05) is 23.3 Å². The number of halogens is 3. The van der Waals surface area contributed by atoms with E-state index in [4.69, 9.17) is 12.2 Å². The molecule has 0 bridgehead atoms. The molecule has 0 aliphatic carbocycles. The number of tetrazole rings is 1. The lowest BCUT2D eigenvalue weighted by atomic mass is 10.2. The molecular weight excluding hydrogens is 397 g/mol. The Bertz CT molecular complexity index is 850. The lowest BCUT2D eigenvalue weighted by molar-refractivity contribution is -0.137. The predicted octanol–water partition coefficient (Wildman–Crippen LogP) is 1.31. The summed E-state index contributed by atoms with van der Waals surface area (Å²) in [6.07, 6.45) is -2.33. The van der Waals surface area contributed by atoms with Crippen molar-refractivity contribution in [3.05, 3.63) is 29.8 Å². The van der Waals surface area contributed by atoms with Crippen molar-refractivity contribution in [3.63, 3.8) is 0 Å². The topological polar surface area (TPSA) is 100 Å². The molecule has 1 aromatic heterocycles. The highest BCUT2D eigenvalue weighted by atomic mass is 32.1. The SMILES string of the molecule is O=C(Cn1nnc(N2CCCC2)n1)NNC(=S)Nc1cccc(C(F)(F)F)c1. The minimum Gasteiger partial charge on any atom is -0.338 e. The quantitative estimate of drug-likeness (QED) is 0.509. The highest BCUT2D eigenvalue weighted by molar-refractivity contribution is 7.80. The molecule has 1 fully saturated rings. The Morgan fingerprint density at radius 1 is 1.21 bits per heavy atom. The fourth-order valence-corrected chi connectivity index (χ4v) is 2.74. The minimum absolute atomic E-state index is 0.0722. The van der Waals surface area contributed by atoms with Crippen LogP contribution in [-0.4, -0.2) is 44.3 Å². The van der Waals surface area contributed by atoms with Gasteiger partial charge in [-0.1, -0.05) is 11.2 Å². The summed E-state index contributed by atoms with van der Waals surface area (Å²) in [7, 11) is 0. The number of anilines is 2. The van der Waals surface area contributed by atoms with Gasteiger partial charge in [0.25, 0.3) is 11.9 Å². The molecule has 1 aliphatic rings. The van der Waals surface area contributed by atoms with E-state index in [2.05, 4.69) is 31.6 Å². The van der Waals surface area contributed by atoms with Crippen LogP contribution >= 0.6 is 12.2 Å².